The summed E-state index contributed by atoms with van der Waals surface area (Å²) >= 11 is 1.32. The molecule has 0 bridgehead atoms. The topological polar surface area (TPSA) is 79.8 Å². The van der Waals surface area contributed by atoms with Crippen molar-refractivity contribution in [1.29, 1.82) is 0 Å². The largest absolute Gasteiger partial charge is 0.354 e. The summed E-state index contributed by atoms with van der Waals surface area (Å²) in [4.78, 5) is 25.1. The van der Waals surface area contributed by atoms with Gasteiger partial charge in [-0.15, -0.1) is 0 Å². The van der Waals surface area contributed by atoms with Crippen molar-refractivity contribution in [2.45, 2.75) is 25.9 Å². The van der Waals surface area contributed by atoms with Crippen LogP contribution in [0.3, 0.4) is 0 Å². The van der Waals surface area contributed by atoms with Crippen molar-refractivity contribution in [2.75, 3.05) is 29.5 Å². The SMILES string of the molecule is CCNc1nc(NCC)nc(SCC(=O)c2ccc(C)cc2)n1. The Morgan fingerprint density at radius 3 is 2.09 bits per heavy atom. The number of anilines is 2. The lowest BCUT2D eigenvalue weighted by Crippen LogP contribution is -2.10. The van der Waals surface area contributed by atoms with Crippen molar-refractivity contribution < 1.29 is 4.79 Å². The highest BCUT2D eigenvalue weighted by Crippen LogP contribution is 2.18. The molecule has 0 saturated heterocycles. The van der Waals surface area contributed by atoms with E-state index in [0.29, 0.717) is 28.4 Å². The maximum Gasteiger partial charge on any atom is 0.228 e. The Morgan fingerprint density at radius 2 is 1.57 bits per heavy atom. The van der Waals surface area contributed by atoms with Gasteiger partial charge >= 0.3 is 0 Å². The zero-order chi connectivity index (χ0) is 16.7. The number of benzene rings is 1. The Hall–Kier alpha value is -2.15. The number of ketones is 1. The molecule has 6 nitrogen and oxygen atoms in total. The van der Waals surface area contributed by atoms with Gasteiger partial charge in [0.15, 0.2) is 10.9 Å². The second kappa shape index (κ2) is 8.47. The fourth-order valence-electron chi connectivity index (χ4n) is 1.85. The molecule has 0 atom stereocenters. The molecule has 7 heteroatoms. The van der Waals surface area contributed by atoms with Gasteiger partial charge in [-0.3, -0.25) is 4.79 Å². The smallest absolute Gasteiger partial charge is 0.228 e. The van der Waals surface area contributed by atoms with Crippen LogP contribution in [-0.4, -0.2) is 39.6 Å². The molecule has 2 aromatic rings. The van der Waals surface area contributed by atoms with Crippen LogP contribution in [0, 0.1) is 6.92 Å². The van der Waals surface area contributed by atoms with Gasteiger partial charge in [0.25, 0.3) is 0 Å². The second-order valence-electron chi connectivity index (χ2n) is 4.90. The molecule has 0 saturated carbocycles. The van der Waals surface area contributed by atoms with Crippen molar-refractivity contribution in [3.05, 3.63) is 35.4 Å². The fourth-order valence-corrected chi connectivity index (χ4v) is 2.58. The molecule has 0 unspecified atom stereocenters. The highest BCUT2D eigenvalue weighted by Gasteiger charge is 2.10. The predicted molar refractivity (Wildman–Crippen MR) is 94.4 cm³/mol. The lowest BCUT2D eigenvalue weighted by Gasteiger charge is -2.08. The third-order valence-electron chi connectivity index (χ3n) is 2.99. The van der Waals surface area contributed by atoms with Crippen LogP contribution in [0.15, 0.2) is 29.4 Å². The number of aromatic nitrogens is 3. The van der Waals surface area contributed by atoms with Crippen LogP contribution in [0.2, 0.25) is 0 Å². The average molecular weight is 331 g/mol. The van der Waals surface area contributed by atoms with Gasteiger partial charge in [0.05, 0.1) is 5.75 Å². The van der Waals surface area contributed by atoms with Crippen LogP contribution in [0.1, 0.15) is 29.8 Å². The maximum absolute atomic E-state index is 12.2. The second-order valence-corrected chi connectivity index (χ2v) is 5.85. The molecule has 1 aromatic carbocycles. The van der Waals surface area contributed by atoms with E-state index in [-0.39, 0.29) is 5.78 Å². The molecule has 23 heavy (non-hydrogen) atoms. The van der Waals surface area contributed by atoms with Crippen molar-refractivity contribution in [2.24, 2.45) is 0 Å². The zero-order valence-electron chi connectivity index (χ0n) is 13.6. The molecule has 0 aliphatic rings. The van der Waals surface area contributed by atoms with Crippen LogP contribution in [0.5, 0.6) is 0 Å². The molecule has 2 rings (SSSR count). The van der Waals surface area contributed by atoms with E-state index in [1.165, 1.54) is 11.8 Å². The standard InChI is InChI=1S/C16H21N5OS/c1-4-17-14-19-15(18-5-2)21-16(20-14)23-10-13(22)12-8-6-11(3)7-9-12/h6-9H,4-5,10H2,1-3H3,(H2,17,18,19,20,21). The number of hydrogen-bond acceptors (Lipinski definition) is 7. The number of carbonyl (C=O) groups is 1. The van der Waals surface area contributed by atoms with Crippen molar-refractivity contribution in [3.63, 3.8) is 0 Å². The number of carbonyl (C=O) groups excluding carboxylic acids is 1. The molecule has 0 spiro atoms. The molecule has 0 amide bonds. The number of thioether (sulfide) groups is 1. The number of Topliss-reactive ketones (excluding diaryl/α,β-unsaturated/α-hetero) is 1. The maximum atomic E-state index is 12.2. The van der Waals surface area contributed by atoms with Crippen LogP contribution >= 0.6 is 11.8 Å². The fraction of sp³-hybridized carbons (Fsp3) is 0.375. The lowest BCUT2D eigenvalue weighted by molar-refractivity contribution is 0.102. The van der Waals surface area contributed by atoms with E-state index < -0.39 is 0 Å². The third-order valence-corrected chi connectivity index (χ3v) is 3.84. The molecule has 0 fully saturated rings. The van der Waals surface area contributed by atoms with Gasteiger partial charge in [0, 0.05) is 18.7 Å². The Kier molecular flexibility index (Phi) is 6.34. The molecule has 2 N–H and O–H groups in total. The lowest BCUT2D eigenvalue weighted by atomic mass is 10.1. The number of nitrogens with one attached hydrogen (secondary N) is 2. The highest BCUT2D eigenvalue weighted by atomic mass is 32.2. The van der Waals surface area contributed by atoms with Crippen LogP contribution < -0.4 is 10.6 Å². The van der Waals surface area contributed by atoms with Crippen molar-refractivity contribution in [1.82, 2.24) is 15.0 Å². The summed E-state index contributed by atoms with van der Waals surface area (Å²) in [5.74, 6) is 1.39. The van der Waals surface area contributed by atoms with Crippen molar-refractivity contribution >= 4 is 29.4 Å². The summed E-state index contributed by atoms with van der Waals surface area (Å²) < 4.78 is 0. The highest BCUT2D eigenvalue weighted by molar-refractivity contribution is 7.99. The predicted octanol–water partition coefficient (Wildman–Crippen LogP) is 3.02. The third kappa shape index (κ3) is 5.21. The summed E-state index contributed by atoms with van der Waals surface area (Å²) in [5, 5.41) is 6.68. The summed E-state index contributed by atoms with van der Waals surface area (Å²) in [5.41, 5.74) is 1.84. The van der Waals surface area contributed by atoms with Crippen molar-refractivity contribution in [3.8, 4) is 0 Å². The van der Waals surface area contributed by atoms with E-state index in [0.717, 1.165) is 18.7 Å². The number of nitrogens with zero attached hydrogens (tertiary/aromatic N) is 3. The zero-order valence-corrected chi connectivity index (χ0v) is 14.4. The first-order chi connectivity index (χ1) is 11.1. The summed E-state index contributed by atoms with van der Waals surface area (Å²) in [6, 6.07) is 7.57. The quantitative estimate of drug-likeness (QED) is 0.568. The Labute approximate surface area is 140 Å². The molecular weight excluding hydrogens is 310 g/mol. The van der Waals surface area contributed by atoms with Gasteiger partial charge in [0.1, 0.15) is 0 Å². The summed E-state index contributed by atoms with van der Waals surface area (Å²) in [6.45, 7) is 7.40. The minimum absolute atomic E-state index is 0.0606. The molecule has 1 heterocycles. The van der Waals surface area contributed by atoms with Crippen LogP contribution in [0.4, 0.5) is 11.9 Å². The minimum Gasteiger partial charge on any atom is -0.354 e. The summed E-state index contributed by atoms with van der Waals surface area (Å²) in [7, 11) is 0. The van der Waals surface area contributed by atoms with E-state index in [4.69, 9.17) is 0 Å². The Balaban J connectivity index is 2.06. The van der Waals surface area contributed by atoms with Gasteiger partial charge in [-0.05, 0) is 20.8 Å². The van der Waals surface area contributed by atoms with E-state index >= 15 is 0 Å². The minimum atomic E-state index is 0.0606. The molecule has 0 aliphatic carbocycles. The van der Waals surface area contributed by atoms with Gasteiger partial charge in [-0.25, -0.2) is 0 Å². The first-order valence-electron chi connectivity index (χ1n) is 7.58. The van der Waals surface area contributed by atoms with Gasteiger partial charge in [0.2, 0.25) is 11.9 Å². The first kappa shape index (κ1) is 17.2. The van der Waals surface area contributed by atoms with E-state index in [1.54, 1.807) is 0 Å². The Bertz CT molecular complexity index is 636. The molecule has 122 valence electrons. The van der Waals surface area contributed by atoms with E-state index in [9.17, 15) is 4.79 Å². The number of rotatable bonds is 8. The molecular formula is C16H21N5OS. The van der Waals surface area contributed by atoms with Gasteiger partial charge in [-0.2, -0.15) is 15.0 Å². The number of hydrogen-bond donors (Lipinski definition) is 2. The average Bonchev–Trinajstić information content (AvgIpc) is 2.54. The van der Waals surface area contributed by atoms with Crippen LogP contribution in [-0.2, 0) is 0 Å². The van der Waals surface area contributed by atoms with Gasteiger partial charge < -0.3 is 10.6 Å². The normalized spacial score (nSPS) is 10.4. The molecule has 0 radical (unpaired) electrons. The Morgan fingerprint density at radius 1 is 1.00 bits per heavy atom. The first-order valence-corrected chi connectivity index (χ1v) is 8.57. The molecule has 0 aliphatic heterocycles. The number of aryl methyl sites for hydroxylation is 1. The molecule has 1 aromatic heterocycles. The monoisotopic (exact) mass is 331 g/mol. The van der Waals surface area contributed by atoms with E-state index in [1.807, 2.05) is 45.0 Å². The van der Waals surface area contributed by atoms with Gasteiger partial charge in [-0.1, -0.05) is 41.6 Å². The summed E-state index contributed by atoms with van der Waals surface area (Å²) in [6.07, 6.45) is 0. The van der Waals surface area contributed by atoms with E-state index in [2.05, 4.69) is 25.6 Å². The van der Waals surface area contributed by atoms with Crippen LogP contribution in [0.25, 0.3) is 0 Å².